The van der Waals surface area contributed by atoms with Crippen LogP contribution in [0.2, 0.25) is 5.02 Å². The molecule has 0 unspecified atom stereocenters. The molecule has 1 N–H and O–H groups in total. The molecule has 0 radical (unpaired) electrons. The Morgan fingerprint density at radius 1 is 1.10 bits per heavy atom. The minimum absolute atomic E-state index is 0.0310. The van der Waals surface area contributed by atoms with E-state index in [1.807, 2.05) is 61.2 Å². The fourth-order valence-electron chi connectivity index (χ4n) is 3.74. The summed E-state index contributed by atoms with van der Waals surface area (Å²) in [6.07, 6.45) is 2.82. The third-order valence-electron chi connectivity index (χ3n) is 5.46. The maximum absolute atomic E-state index is 12.4. The molecule has 6 heteroatoms. The molecule has 5 nitrogen and oxygen atoms in total. The van der Waals surface area contributed by atoms with Gasteiger partial charge in [-0.05, 0) is 61.9 Å². The number of nitrogens with one attached hydrogen (secondary N) is 1. The molecule has 1 aliphatic heterocycles. The van der Waals surface area contributed by atoms with Crippen LogP contribution in [0.3, 0.4) is 0 Å². The van der Waals surface area contributed by atoms with Crippen LogP contribution >= 0.6 is 11.6 Å². The molecule has 1 aliphatic rings. The van der Waals surface area contributed by atoms with Crippen molar-refractivity contribution in [2.24, 2.45) is 0 Å². The molecule has 0 aliphatic carbocycles. The molecule has 2 aromatic carbocycles. The van der Waals surface area contributed by atoms with Gasteiger partial charge in [-0.2, -0.15) is 0 Å². The molecular weight excluding hydrogens is 400 g/mol. The molecule has 2 amide bonds. The van der Waals surface area contributed by atoms with Crippen molar-refractivity contribution >= 4 is 23.4 Å². The number of halogens is 1. The van der Waals surface area contributed by atoms with Crippen LogP contribution in [0.5, 0.6) is 5.75 Å². The fourth-order valence-corrected chi connectivity index (χ4v) is 3.84. The SMILES string of the molecule is Cc1cc(OCC(=O)NC2CCN(C(=O)CCc3ccccc3)CC2)cc(C)c1Cl. The minimum atomic E-state index is -0.144. The zero-order valence-electron chi connectivity index (χ0n) is 17.6. The maximum atomic E-state index is 12.4. The Kier molecular flexibility index (Phi) is 7.75. The molecule has 1 heterocycles. The van der Waals surface area contributed by atoms with Crippen molar-refractivity contribution in [3.05, 3.63) is 64.2 Å². The van der Waals surface area contributed by atoms with Crippen molar-refractivity contribution in [2.75, 3.05) is 19.7 Å². The second-order valence-electron chi connectivity index (χ2n) is 7.87. The molecule has 3 rings (SSSR count). The number of aryl methyl sites for hydroxylation is 3. The van der Waals surface area contributed by atoms with Crippen LogP contribution in [0.1, 0.15) is 36.0 Å². The van der Waals surface area contributed by atoms with Crippen LogP contribution in [0.15, 0.2) is 42.5 Å². The number of carbonyl (C=O) groups excluding carboxylic acids is 2. The number of piperidine rings is 1. The van der Waals surface area contributed by atoms with Gasteiger partial charge >= 0.3 is 0 Å². The summed E-state index contributed by atoms with van der Waals surface area (Å²) in [5, 5.41) is 3.74. The largest absolute Gasteiger partial charge is 0.484 e. The fraction of sp³-hybridized carbons (Fsp3) is 0.417. The van der Waals surface area contributed by atoms with Crippen molar-refractivity contribution in [2.45, 2.75) is 45.6 Å². The Morgan fingerprint density at radius 3 is 2.37 bits per heavy atom. The summed E-state index contributed by atoms with van der Waals surface area (Å²) >= 11 is 6.16. The molecule has 1 fully saturated rings. The quantitative estimate of drug-likeness (QED) is 0.723. The Balaban J connectivity index is 1.37. The monoisotopic (exact) mass is 428 g/mol. The van der Waals surface area contributed by atoms with E-state index in [2.05, 4.69) is 5.32 Å². The molecule has 160 valence electrons. The Bertz CT molecular complexity index is 854. The third kappa shape index (κ3) is 6.23. The molecule has 0 spiro atoms. The maximum Gasteiger partial charge on any atom is 0.258 e. The molecule has 0 bridgehead atoms. The third-order valence-corrected chi connectivity index (χ3v) is 6.06. The first-order valence-corrected chi connectivity index (χ1v) is 10.8. The minimum Gasteiger partial charge on any atom is -0.484 e. The van der Waals surface area contributed by atoms with Crippen LogP contribution in [0.25, 0.3) is 0 Å². The van der Waals surface area contributed by atoms with Gasteiger partial charge in [0.2, 0.25) is 5.91 Å². The van der Waals surface area contributed by atoms with Crippen LogP contribution in [-0.2, 0) is 16.0 Å². The van der Waals surface area contributed by atoms with Crippen LogP contribution < -0.4 is 10.1 Å². The lowest BCUT2D eigenvalue weighted by Crippen LogP contribution is -2.47. The van der Waals surface area contributed by atoms with Gasteiger partial charge in [0.05, 0.1) is 0 Å². The van der Waals surface area contributed by atoms with Gasteiger partial charge in [0.15, 0.2) is 6.61 Å². The van der Waals surface area contributed by atoms with Gasteiger partial charge < -0.3 is 15.0 Å². The second-order valence-corrected chi connectivity index (χ2v) is 8.25. The van der Waals surface area contributed by atoms with E-state index in [1.54, 1.807) is 0 Å². The molecule has 2 aromatic rings. The van der Waals surface area contributed by atoms with Gasteiger partial charge in [-0.3, -0.25) is 9.59 Å². The van der Waals surface area contributed by atoms with Gasteiger partial charge in [0.1, 0.15) is 5.75 Å². The van der Waals surface area contributed by atoms with E-state index in [1.165, 1.54) is 5.56 Å². The van der Waals surface area contributed by atoms with Gasteiger partial charge in [-0.1, -0.05) is 41.9 Å². The highest BCUT2D eigenvalue weighted by Gasteiger charge is 2.23. The highest BCUT2D eigenvalue weighted by molar-refractivity contribution is 6.32. The number of hydrogen-bond acceptors (Lipinski definition) is 3. The van der Waals surface area contributed by atoms with E-state index in [-0.39, 0.29) is 24.5 Å². The Hall–Kier alpha value is -2.53. The van der Waals surface area contributed by atoms with E-state index in [0.29, 0.717) is 25.3 Å². The van der Waals surface area contributed by atoms with Crippen molar-refractivity contribution < 1.29 is 14.3 Å². The van der Waals surface area contributed by atoms with Crippen molar-refractivity contribution in [3.63, 3.8) is 0 Å². The van der Waals surface area contributed by atoms with E-state index in [4.69, 9.17) is 16.3 Å². The van der Waals surface area contributed by atoms with Gasteiger partial charge in [-0.25, -0.2) is 0 Å². The van der Waals surface area contributed by atoms with Gasteiger partial charge in [0.25, 0.3) is 5.91 Å². The summed E-state index contributed by atoms with van der Waals surface area (Å²) in [6.45, 7) is 5.15. The van der Waals surface area contributed by atoms with Crippen molar-refractivity contribution in [1.82, 2.24) is 10.2 Å². The zero-order chi connectivity index (χ0) is 21.5. The summed E-state index contributed by atoms with van der Waals surface area (Å²) in [5.74, 6) is 0.679. The predicted molar refractivity (Wildman–Crippen MR) is 119 cm³/mol. The molecule has 0 saturated carbocycles. The average molecular weight is 429 g/mol. The average Bonchev–Trinajstić information content (AvgIpc) is 2.75. The summed E-state index contributed by atoms with van der Waals surface area (Å²) in [7, 11) is 0. The molecule has 30 heavy (non-hydrogen) atoms. The lowest BCUT2D eigenvalue weighted by molar-refractivity contribution is -0.132. The number of benzene rings is 2. The van der Waals surface area contributed by atoms with E-state index >= 15 is 0 Å². The number of likely N-dealkylation sites (tertiary alicyclic amines) is 1. The number of hydrogen-bond donors (Lipinski definition) is 1. The highest BCUT2D eigenvalue weighted by Crippen LogP contribution is 2.25. The van der Waals surface area contributed by atoms with E-state index in [9.17, 15) is 9.59 Å². The standard InChI is InChI=1S/C24H29ClN2O3/c1-17-14-21(15-18(2)24(17)25)30-16-22(28)26-20-10-12-27(13-11-20)23(29)9-8-19-6-4-3-5-7-19/h3-7,14-15,20H,8-13,16H2,1-2H3,(H,26,28). The second kappa shape index (κ2) is 10.5. The van der Waals surface area contributed by atoms with Gasteiger partial charge in [0, 0.05) is 30.6 Å². The first-order chi connectivity index (χ1) is 14.4. The Labute approximate surface area is 183 Å². The number of nitrogens with zero attached hydrogens (tertiary/aromatic N) is 1. The lowest BCUT2D eigenvalue weighted by Gasteiger charge is -2.32. The predicted octanol–water partition coefficient (Wildman–Crippen LogP) is 4.08. The van der Waals surface area contributed by atoms with Crippen molar-refractivity contribution in [1.29, 1.82) is 0 Å². The topological polar surface area (TPSA) is 58.6 Å². The smallest absolute Gasteiger partial charge is 0.258 e. The summed E-state index contributed by atoms with van der Waals surface area (Å²) < 4.78 is 5.62. The van der Waals surface area contributed by atoms with E-state index in [0.717, 1.165) is 35.4 Å². The summed E-state index contributed by atoms with van der Waals surface area (Å²) in [6, 6.07) is 13.8. The van der Waals surface area contributed by atoms with Gasteiger partial charge in [-0.15, -0.1) is 0 Å². The van der Waals surface area contributed by atoms with Crippen LogP contribution in [0.4, 0.5) is 0 Å². The summed E-state index contributed by atoms with van der Waals surface area (Å²) in [5.41, 5.74) is 3.03. The number of rotatable bonds is 7. The first kappa shape index (κ1) is 22.2. The molecule has 1 saturated heterocycles. The Morgan fingerprint density at radius 2 is 1.73 bits per heavy atom. The van der Waals surface area contributed by atoms with Crippen LogP contribution in [0, 0.1) is 13.8 Å². The number of carbonyl (C=O) groups is 2. The highest BCUT2D eigenvalue weighted by atomic mass is 35.5. The number of amides is 2. The van der Waals surface area contributed by atoms with Crippen LogP contribution in [-0.4, -0.2) is 42.5 Å². The first-order valence-electron chi connectivity index (χ1n) is 10.4. The van der Waals surface area contributed by atoms with Crippen molar-refractivity contribution in [3.8, 4) is 5.75 Å². The summed E-state index contributed by atoms with van der Waals surface area (Å²) in [4.78, 5) is 26.6. The van der Waals surface area contributed by atoms with E-state index < -0.39 is 0 Å². The molecule has 0 aromatic heterocycles. The molecular formula is C24H29ClN2O3. The zero-order valence-corrected chi connectivity index (χ0v) is 18.4. The number of ether oxygens (including phenoxy) is 1. The normalized spacial score (nSPS) is 14.4. The lowest BCUT2D eigenvalue weighted by atomic mass is 10.0. The molecule has 0 atom stereocenters.